The third-order valence-corrected chi connectivity index (χ3v) is 2.83. The highest BCUT2D eigenvalue weighted by Gasteiger charge is 2.18. The van der Waals surface area contributed by atoms with Crippen molar-refractivity contribution in [2.24, 2.45) is 5.73 Å². The maximum Gasteiger partial charge on any atom is 0.238 e. The zero-order chi connectivity index (χ0) is 15.2. The van der Waals surface area contributed by atoms with Crippen molar-refractivity contribution in [3.8, 4) is 5.75 Å². The predicted octanol–water partition coefficient (Wildman–Crippen LogP) is 2.11. The topological polar surface area (TPSA) is 67.6 Å². The molecule has 0 aliphatic carbocycles. The molecule has 5 nitrogen and oxygen atoms in total. The molecule has 0 saturated heterocycles. The molecule has 0 fully saturated rings. The molecular weight excluding hydrogens is 290 g/mol. The zero-order valence-corrected chi connectivity index (χ0v) is 14.0. The molecule has 21 heavy (non-hydrogen) atoms. The van der Waals surface area contributed by atoms with E-state index in [1.54, 1.807) is 7.11 Å². The predicted molar refractivity (Wildman–Crippen MR) is 89.3 cm³/mol. The Morgan fingerprint density at radius 2 is 2.00 bits per heavy atom. The van der Waals surface area contributed by atoms with Gasteiger partial charge in [0, 0.05) is 12.1 Å². The van der Waals surface area contributed by atoms with Crippen molar-refractivity contribution in [2.45, 2.75) is 26.3 Å². The summed E-state index contributed by atoms with van der Waals surface area (Å²) in [5.74, 6) is 0.587. The minimum Gasteiger partial charge on any atom is -0.495 e. The largest absolute Gasteiger partial charge is 0.495 e. The number of methoxy groups -OCH3 is 1. The SMILES string of the molecule is CCN(CC(=O)Nc1ccccc1OC)CC(C)(C)N.Cl. The summed E-state index contributed by atoms with van der Waals surface area (Å²) < 4.78 is 5.21. The van der Waals surface area contributed by atoms with Crippen LogP contribution in [0.25, 0.3) is 0 Å². The number of benzene rings is 1. The highest BCUT2D eigenvalue weighted by molar-refractivity contribution is 5.93. The third kappa shape index (κ3) is 7.32. The van der Waals surface area contributed by atoms with E-state index in [-0.39, 0.29) is 23.9 Å². The van der Waals surface area contributed by atoms with Crippen molar-refractivity contribution in [1.82, 2.24) is 4.90 Å². The molecular formula is C15H26ClN3O2. The van der Waals surface area contributed by atoms with Crippen molar-refractivity contribution < 1.29 is 9.53 Å². The fraction of sp³-hybridized carbons (Fsp3) is 0.533. The molecule has 0 aliphatic rings. The van der Waals surface area contributed by atoms with Crippen LogP contribution in [0.1, 0.15) is 20.8 Å². The molecule has 0 spiro atoms. The molecule has 120 valence electrons. The fourth-order valence-corrected chi connectivity index (χ4v) is 2.00. The first-order valence-corrected chi connectivity index (χ1v) is 6.80. The van der Waals surface area contributed by atoms with Gasteiger partial charge >= 0.3 is 0 Å². The maximum atomic E-state index is 12.1. The van der Waals surface area contributed by atoms with Crippen LogP contribution in [0.2, 0.25) is 0 Å². The number of likely N-dealkylation sites (N-methyl/N-ethyl adjacent to an activating group) is 1. The van der Waals surface area contributed by atoms with Gasteiger partial charge in [-0.25, -0.2) is 0 Å². The first-order valence-electron chi connectivity index (χ1n) is 6.80. The molecule has 0 saturated carbocycles. The average molecular weight is 316 g/mol. The molecule has 0 aliphatic heterocycles. The van der Waals surface area contributed by atoms with Crippen molar-refractivity contribution in [1.29, 1.82) is 0 Å². The summed E-state index contributed by atoms with van der Waals surface area (Å²) in [6, 6.07) is 7.36. The Morgan fingerprint density at radius 3 is 2.52 bits per heavy atom. The van der Waals surface area contributed by atoms with E-state index >= 15 is 0 Å². The van der Waals surface area contributed by atoms with E-state index in [0.717, 1.165) is 6.54 Å². The summed E-state index contributed by atoms with van der Waals surface area (Å²) in [5.41, 5.74) is 6.36. The van der Waals surface area contributed by atoms with Crippen LogP contribution in [0.15, 0.2) is 24.3 Å². The molecule has 0 heterocycles. The van der Waals surface area contributed by atoms with Crippen molar-refractivity contribution in [3.63, 3.8) is 0 Å². The van der Waals surface area contributed by atoms with Crippen LogP contribution in [-0.2, 0) is 4.79 Å². The van der Waals surface area contributed by atoms with Gasteiger partial charge in [-0.1, -0.05) is 19.1 Å². The number of nitrogens with zero attached hydrogens (tertiary/aromatic N) is 1. The van der Waals surface area contributed by atoms with Crippen molar-refractivity contribution in [3.05, 3.63) is 24.3 Å². The molecule has 0 unspecified atom stereocenters. The number of ether oxygens (including phenoxy) is 1. The number of hydrogen-bond acceptors (Lipinski definition) is 4. The Labute approximate surface area is 133 Å². The van der Waals surface area contributed by atoms with Crippen LogP contribution >= 0.6 is 12.4 Å². The van der Waals surface area contributed by atoms with E-state index < -0.39 is 0 Å². The Hall–Kier alpha value is -1.30. The number of nitrogens with one attached hydrogen (secondary N) is 1. The van der Waals surface area contributed by atoms with Crippen LogP contribution in [0, 0.1) is 0 Å². The highest BCUT2D eigenvalue weighted by atomic mass is 35.5. The van der Waals surface area contributed by atoms with Gasteiger partial charge < -0.3 is 15.8 Å². The number of halogens is 1. The summed E-state index contributed by atoms with van der Waals surface area (Å²) in [4.78, 5) is 14.1. The van der Waals surface area contributed by atoms with Gasteiger partial charge in [-0.15, -0.1) is 12.4 Å². The van der Waals surface area contributed by atoms with Gasteiger partial charge in [0.25, 0.3) is 0 Å². The molecule has 0 aromatic heterocycles. The number of para-hydroxylation sites is 2. The fourth-order valence-electron chi connectivity index (χ4n) is 2.00. The van der Waals surface area contributed by atoms with Crippen LogP contribution in [0.4, 0.5) is 5.69 Å². The van der Waals surface area contributed by atoms with Crippen LogP contribution < -0.4 is 15.8 Å². The highest BCUT2D eigenvalue weighted by Crippen LogP contribution is 2.22. The Kier molecular flexibility index (Phi) is 8.32. The van der Waals surface area contributed by atoms with E-state index in [2.05, 4.69) is 5.32 Å². The molecule has 0 radical (unpaired) electrons. The second-order valence-electron chi connectivity index (χ2n) is 5.54. The monoisotopic (exact) mass is 315 g/mol. The molecule has 1 aromatic rings. The van der Waals surface area contributed by atoms with Gasteiger partial charge in [0.2, 0.25) is 5.91 Å². The number of rotatable bonds is 7. The lowest BCUT2D eigenvalue weighted by atomic mass is 10.1. The third-order valence-electron chi connectivity index (χ3n) is 2.83. The molecule has 0 bridgehead atoms. The summed E-state index contributed by atoms with van der Waals surface area (Å²) in [5, 5.41) is 2.87. The number of hydrogen-bond donors (Lipinski definition) is 2. The van der Waals surface area contributed by atoms with Gasteiger partial charge in [0.1, 0.15) is 5.75 Å². The van der Waals surface area contributed by atoms with Gasteiger partial charge in [-0.3, -0.25) is 9.69 Å². The quantitative estimate of drug-likeness (QED) is 0.808. The standard InChI is InChI=1S/C15H25N3O2.ClH/c1-5-18(11-15(2,3)16)10-14(19)17-12-8-6-7-9-13(12)20-4;/h6-9H,5,10-11,16H2,1-4H3,(H,17,19);1H. The minimum absolute atomic E-state index is 0. The van der Waals surface area contributed by atoms with E-state index in [4.69, 9.17) is 10.5 Å². The van der Waals surface area contributed by atoms with Crippen molar-refractivity contribution in [2.75, 3.05) is 32.1 Å². The normalized spacial score (nSPS) is 11.0. The lowest BCUT2D eigenvalue weighted by molar-refractivity contribution is -0.117. The Balaban J connectivity index is 0.00000400. The zero-order valence-electron chi connectivity index (χ0n) is 13.2. The van der Waals surface area contributed by atoms with Crippen molar-refractivity contribution >= 4 is 24.0 Å². The summed E-state index contributed by atoms with van der Waals surface area (Å²) in [6.45, 7) is 7.68. The summed E-state index contributed by atoms with van der Waals surface area (Å²) >= 11 is 0. The molecule has 1 aromatic carbocycles. The molecule has 6 heteroatoms. The molecule has 3 N–H and O–H groups in total. The second-order valence-corrected chi connectivity index (χ2v) is 5.54. The first kappa shape index (κ1) is 19.7. The van der Waals surface area contributed by atoms with Gasteiger partial charge in [0.15, 0.2) is 0 Å². The van der Waals surface area contributed by atoms with Crippen LogP contribution in [-0.4, -0.2) is 43.1 Å². The minimum atomic E-state index is -0.319. The van der Waals surface area contributed by atoms with E-state index in [9.17, 15) is 4.79 Å². The van der Waals surface area contributed by atoms with Gasteiger partial charge in [0.05, 0.1) is 19.3 Å². The van der Waals surface area contributed by atoms with Crippen LogP contribution in [0.3, 0.4) is 0 Å². The average Bonchev–Trinajstić information content (AvgIpc) is 2.36. The number of anilines is 1. The number of carbonyl (C=O) groups excluding carboxylic acids is 1. The first-order chi connectivity index (χ1) is 9.35. The molecule has 1 amide bonds. The smallest absolute Gasteiger partial charge is 0.238 e. The second kappa shape index (κ2) is 8.87. The molecule has 0 atom stereocenters. The van der Waals surface area contributed by atoms with Crippen LogP contribution in [0.5, 0.6) is 5.75 Å². The summed E-state index contributed by atoms with van der Waals surface area (Å²) in [7, 11) is 1.58. The Bertz CT molecular complexity index is 447. The lowest BCUT2D eigenvalue weighted by Gasteiger charge is -2.28. The van der Waals surface area contributed by atoms with E-state index in [1.165, 1.54) is 0 Å². The van der Waals surface area contributed by atoms with Gasteiger partial charge in [-0.2, -0.15) is 0 Å². The summed E-state index contributed by atoms with van der Waals surface area (Å²) in [6.07, 6.45) is 0. The lowest BCUT2D eigenvalue weighted by Crippen LogP contribution is -2.47. The van der Waals surface area contributed by atoms with E-state index in [0.29, 0.717) is 24.5 Å². The Morgan fingerprint density at radius 1 is 1.38 bits per heavy atom. The maximum absolute atomic E-state index is 12.1. The van der Waals surface area contributed by atoms with E-state index in [1.807, 2.05) is 49.9 Å². The van der Waals surface area contributed by atoms with Gasteiger partial charge in [-0.05, 0) is 32.5 Å². The number of carbonyl (C=O) groups is 1. The number of nitrogens with two attached hydrogens (primary N) is 1. The number of amides is 1. The molecule has 1 rings (SSSR count).